The van der Waals surface area contributed by atoms with Gasteiger partial charge >= 0.3 is 0 Å². The summed E-state index contributed by atoms with van der Waals surface area (Å²) >= 11 is 11.3. The smallest absolute Gasteiger partial charge is 0.241 e. The van der Waals surface area contributed by atoms with Crippen molar-refractivity contribution in [1.82, 2.24) is 0 Å². The molecule has 0 bridgehead atoms. The largest absolute Gasteiger partial charge is 0.314 e. The van der Waals surface area contributed by atoms with Gasteiger partial charge in [0, 0.05) is 17.8 Å². The van der Waals surface area contributed by atoms with Crippen LogP contribution in [0.15, 0.2) is 18.2 Å². The Balaban J connectivity index is 3.05. The summed E-state index contributed by atoms with van der Waals surface area (Å²) in [6.07, 6.45) is 0. The second-order valence-corrected chi connectivity index (χ2v) is 3.72. The van der Waals surface area contributed by atoms with Crippen LogP contribution >= 0.6 is 23.2 Å². The molecule has 0 atom stereocenters. The third-order valence-corrected chi connectivity index (χ3v) is 2.48. The minimum absolute atomic E-state index is 0.0253. The van der Waals surface area contributed by atoms with Crippen LogP contribution in [0.2, 0.25) is 5.02 Å². The second kappa shape index (κ2) is 4.67. The molecule has 1 aromatic carbocycles. The monoisotopic (exact) mass is 231 g/mol. The minimum atomic E-state index is -0.142. The lowest BCUT2D eigenvalue weighted by molar-refractivity contribution is -0.116. The summed E-state index contributed by atoms with van der Waals surface area (Å²) in [7, 11) is 1.68. The number of nitrogens with zero attached hydrogens (tertiary/aromatic N) is 1. The highest BCUT2D eigenvalue weighted by atomic mass is 35.5. The summed E-state index contributed by atoms with van der Waals surface area (Å²) < 4.78 is 0. The van der Waals surface area contributed by atoms with Crippen LogP contribution in [0, 0.1) is 6.92 Å². The van der Waals surface area contributed by atoms with E-state index in [0.717, 1.165) is 11.3 Å². The maximum Gasteiger partial charge on any atom is 0.241 e. The summed E-state index contributed by atoms with van der Waals surface area (Å²) in [5.74, 6) is -0.167. The molecule has 0 aromatic heterocycles. The van der Waals surface area contributed by atoms with Gasteiger partial charge in [-0.2, -0.15) is 0 Å². The lowest BCUT2D eigenvalue weighted by Gasteiger charge is -2.18. The molecule has 76 valence electrons. The molecule has 0 saturated heterocycles. The Labute approximate surface area is 93.4 Å². The first-order valence-corrected chi connectivity index (χ1v) is 5.06. The van der Waals surface area contributed by atoms with E-state index >= 15 is 0 Å². The van der Waals surface area contributed by atoms with E-state index in [1.807, 2.05) is 13.0 Å². The number of amides is 1. The molecule has 0 aliphatic rings. The summed E-state index contributed by atoms with van der Waals surface area (Å²) in [4.78, 5) is 12.8. The van der Waals surface area contributed by atoms with E-state index in [1.54, 1.807) is 19.2 Å². The average molecular weight is 232 g/mol. The predicted molar refractivity (Wildman–Crippen MR) is 60.3 cm³/mol. The van der Waals surface area contributed by atoms with Crippen molar-refractivity contribution in [2.45, 2.75) is 6.92 Å². The molecule has 2 nitrogen and oxygen atoms in total. The summed E-state index contributed by atoms with van der Waals surface area (Å²) in [5.41, 5.74) is 1.79. The number of halogens is 2. The quantitative estimate of drug-likeness (QED) is 0.718. The maximum atomic E-state index is 11.3. The number of hydrogen-bond donors (Lipinski definition) is 0. The summed E-state index contributed by atoms with van der Waals surface area (Å²) in [6, 6.07) is 5.41. The molecule has 0 spiro atoms. The highest BCUT2D eigenvalue weighted by Gasteiger charge is 2.11. The Bertz CT molecular complexity index is 352. The molecule has 0 N–H and O–H groups in total. The number of benzene rings is 1. The zero-order chi connectivity index (χ0) is 10.7. The van der Waals surface area contributed by atoms with Gasteiger partial charge in [0.05, 0.1) is 0 Å². The first-order valence-electron chi connectivity index (χ1n) is 4.15. The second-order valence-electron chi connectivity index (χ2n) is 3.02. The van der Waals surface area contributed by atoms with E-state index < -0.39 is 0 Å². The molecule has 14 heavy (non-hydrogen) atoms. The van der Waals surface area contributed by atoms with E-state index in [4.69, 9.17) is 23.2 Å². The zero-order valence-electron chi connectivity index (χ0n) is 8.05. The van der Waals surface area contributed by atoms with Crippen LogP contribution in [-0.4, -0.2) is 18.8 Å². The maximum absolute atomic E-state index is 11.3. The molecule has 1 rings (SSSR count). The van der Waals surface area contributed by atoms with Crippen LogP contribution in [0.1, 0.15) is 5.56 Å². The van der Waals surface area contributed by atoms with E-state index in [-0.39, 0.29) is 11.8 Å². The van der Waals surface area contributed by atoms with Gasteiger partial charge in [-0.25, -0.2) is 0 Å². The van der Waals surface area contributed by atoms with Gasteiger partial charge in [0.15, 0.2) is 0 Å². The lowest BCUT2D eigenvalue weighted by atomic mass is 10.2. The van der Waals surface area contributed by atoms with Crippen molar-refractivity contribution in [1.29, 1.82) is 0 Å². The molecule has 0 aliphatic heterocycles. The Hall–Kier alpha value is -0.730. The molecular formula is C10H11Cl2NO. The molecule has 1 amide bonds. The Morgan fingerprint density at radius 3 is 2.71 bits per heavy atom. The fourth-order valence-corrected chi connectivity index (χ4v) is 1.51. The van der Waals surface area contributed by atoms with Gasteiger partial charge in [-0.1, -0.05) is 17.7 Å². The van der Waals surface area contributed by atoms with E-state index in [9.17, 15) is 4.79 Å². The van der Waals surface area contributed by atoms with Crippen LogP contribution < -0.4 is 4.90 Å². The molecule has 4 heteroatoms. The van der Waals surface area contributed by atoms with E-state index in [1.165, 1.54) is 4.90 Å². The van der Waals surface area contributed by atoms with Crippen LogP contribution in [0.25, 0.3) is 0 Å². The van der Waals surface area contributed by atoms with E-state index in [0.29, 0.717) is 5.02 Å². The first kappa shape index (κ1) is 11.3. The van der Waals surface area contributed by atoms with Gasteiger partial charge in [-0.3, -0.25) is 4.79 Å². The number of alkyl halides is 1. The standard InChI is InChI=1S/C10H11Cl2NO/c1-7-3-4-8(12)5-9(7)13(2)10(14)6-11/h3-5H,6H2,1-2H3. The van der Waals surface area contributed by atoms with Gasteiger partial charge in [0.1, 0.15) is 5.88 Å². The zero-order valence-corrected chi connectivity index (χ0v) is 9.56. The number of carbonyl (C=O) groups excluding carboxylic acids is 1. The van der Waals surface area contributed by atoms with Gasteiger partial charge in [-0.05, 0) is 24.6 Å². The number of hydrogen-bond acceptors (Lipinski definition) is 1. The normalized spacial score (nSPS) is 10.0. The molecular weight excluding hydrogens is 221 g/mol. The molecule has 0 aliphatic carbocycles. The Morgan fingerprint density at radius 2 is 2.14 bits per heavy atom. The fourth-order valence-electron chi connectivity index (χ4n) is 1.17. The molecule has 0 unspecified atom stereocenters. The summed E-state index contributed by atoms with van der Waals surface area (Å²) in [6.45, 7) is 1.92. The van der Waals surface area contributed by atoms with Crippen molar-refractivity contribution in [3.05, 3.63) is 28.8 Å². The molecule has 1 aromatic rings. The molecule has 0 heterocycles. The van der Waals surface area contributed by atoms with Crippen molar-refractivity contribution in [3.63, 3.8) is 0 Å². The van der Waals surface area contributed by atoms with Crippen molar-refractivity contribution in [3.8, 4) is 0 Å². The van der Waals surface area contributed by atoms with Gasteiger partial charge < -0.3 is 4.90 Å². The van der Waals surface area contributed by atoms with Gasteiger partial charge in [0.2, 0.25) is 5.91 Å². The first-order chi connectivity index (χ1) is 6.56. The molecule has 0 radical (unpaired) electrons. The van der Waals surface area contributed by atoms with Crippen LogP contribution in [0.3, 0.4) is 0 Å². The lowest BCUT2D eigenvalue weighted by Crippen LogP contribution is -2.27. The highest BCUT2D eigenvalue weighted by molar-refractivity contribution is 6.31. The van der Waals surface area contributed by atoms with Crippen molar-refractivity contribution in [2.24, 2.45) is 0 Å². The number of carbonyl (C=O) groups is 1. The Kier molecular flexibility index (Phi) is 3.78. The number of anilines is 1. The molecule has 0 fully saturated rings. The topological polar surface area (TPSA) is 20.3 Å². The molecule has 0 saturated carbocycles. The van der Waals surface area contributed by atoms with Crippen molar-refractivity contribution in [2.75, 3.05) is 17.8 Å². The third kappa shape index (κ3) is 2.40. The predicted octanol–water partition coefficient (Wildman–Crippen LogP) is 2.85. The van der Waals surface area contributed by atoms with Crippen LogP contribution in [0.5, 0.6) is 0 Å². The fraction of sp³-hybridized carbons (Fsp3) is 0.300. The highest BCUT2D eigenvalue weighted by Crippen LogP contribution is 2.23. The SMILES string of the molecule is Cc1ccc(Cl)cc1N(C)C(=O)CCl. The third-order valence-electron chi connectivity index (χ3n) is 2.02. The van der Waals surface area contributed by atoms with Crippen molar-refractivity contribution < 1.29 is 4.79 Å². The van der Waals surface area contributed by atoms with E-state index in [2.05, 4.69) is 0 Å². The minimum Gasteiger partial charge on any atom is -0.314 e. The Morgan fingerprint density at radius 1 is 1.50 bits per heavy atom. The van der Waals surface area contributed by atoms with Gasteiger partial charge in [-0.15, -0.1) is 11.6 Å². The van der Waals surface area contributed by atoms with Gasteiger partial charge in [0.25, 0.3) is 0 Å². The summed E-state index contributed by atoms with van der Waals surface area (Å²) in [5, 5.41) is 0.611. The van der Waals surface area contributed by atoms with Crippen molar-refractivity contribution >= 4 is 34.8 Å². The average Bonchev–Trinajstić information content (AvgIpc) is 2.19. The van der Waals surface area contributed by atoms with Crippen LogP contribution in [0.4, 0.5) is 5.69 Å². The van der Waals surface area contributed by atoms with Crippen LogP contribution in [-0.2, 0) is 4.79 Å². The number of rotatable bonds is 2. The number of aryl methyl sites for hydroxylation is 1.